The highest BCUT2D eigenvalue weighted by molar-refractivity contribution is 6.70. The first-order valence-corrected chi connectivity index (χ1v) is 10.2. The van der Waals surface area contributed by atoms with Gasteiger partial charge in [0.15, 0.2) is 5.82 Å². The minimum Gasteiger partial charge on any atom is -0.439 e. The van der Waals surface area contributed by atoms with Gasteiger partial charge in [-0.25, -0.2) is 9.97 Å². The van der Waals surface area contributed by atoms with Crippen LogP contribution in [0, 0.1) is 0 Å². The molecule has 0 saturated heterocycles. The lowest BCUT2D eigenvalue weighted by molar-refractivity contribution is 0.491. The molecule has 5 heterocycles. The molecule has 146 valence electrons. The van der Waals surface area contributed by atoms with Gasteiger partial charge in [0.05, 0.1) is 5.69 Å². The molecule has 0 spiro atoms. The Balaban J connectivity index is 1.52. The Morgan fingerprint density at radius 1 is 0.967 bits per heavy atom. The number of benzene rings is 1. The van der Waals surface area contributed by atoms with E-state index in [1.807, 2.05) is 24.4 Å². The van der Waals surface area contributed by atoms with Crippen molar-refractivity contribution in [2.75, 3.05) is 9.91 Å². The number of rotatable bonds is 2. The first-order valence-electron chi connectivity index (χ1n) is 10.2. The summed E-state index contributed by atoms with van der Waals surface area (Å²) in [5.74, 6) is 3.09. The lowest BCUT2D eigenvalue weighted by Gasteiger charge is -2.39. The monoisotopic (exact) mass is 393 g/mol. The van der Waals surface area contributed by atoms with Crippen molar-refractivity contribution in [3.63, 3.8) is 0 Å². The van der Waals surface area contributed by atoms with Crippen LogP contribution in [-0.4, -0.2) is 27.9 Å². The van der Waals surface area contributed by atoms with Crippen LogP contribution in [0.3, 0.4) is 0 Å². The molecule has 0 bridgehead atoms. The van der Waals surface area contributed by atoms with Gasteiger partial charge in [-0.15, -0.1) is 0 Å². The van der Waals surface area contributed by atoms with Gasteiger partial charge in [-0.05, 0) is 49.3 Å². The first-order chi connectivity index (χ1) is 14.7. The van der Waals surface area contributed by atoms with Crippen LogP contribution in [-0.2, 0) is 0 Å². The molecule has 0 amide bonds. The highest BCUT2D eigenvalue weighted by Gasteiger charge is 2.40. The van der Waals surface area contributed by atoms with Crippen LogP contribution in [0.15, 0.2) is 71.4 Å². The minimum absolute atomic E-state index is 0.0576. The van der Waals surface area contributed by atoms with Crippen molar-refractivity contribution in [2.45, 2.75) is 19.9 Å². The Morgan fingerprint density at radius 3 is 2.63 bits per heavy atom. The molecule has 0 fully saturated rings. The van der Waals surface area contributed by atoms with Gasteiger partial charge in [0.1, 0.15) is 11.6 Å². The third-order valence-corrected chi connectivity index (χ3v) is 5.86. The van der Waals surface area contributed by atoms with E-state index >= 15 is 0 Å². The smallest absolute Gasteiger partial charge is 0.306 e. The predicted octanol–water partition coefficient (Wildman–Crippen LogP) is 3.14. The van der Waals surface area contributed by atoms with Crippen LogP contribution < -0.4 is 20.5 Å². The average Bonchev–Trinajstić information content (AvgIpc) is 3.27. The fourth-order valence-electron chi connectivity index (χ4n) is 4.52. The van der Waals surface area contributed by atoms with E-state index in [1.165, 1.54) is 0 Å². The number of nitrogens with zero attached hydrogens (tertiary/aromatic N) is 5. The molecule has 0 saturated carbocycles. The summed E-state index contributed by atoms with van der Waals surface area (Å²) in [6.07, 6.45) is 5.84. The van der Waals surface area contributed by atoms with E-state index in [1.54, 1.807) is 6.20 Å². The third-order valence-electron chi connectivity index (χ3n) is 5.86. The largest absolute Gasteiger partial charge is 0.439 e. The van der Waals surface area contributed by atoms with Gasteiger partial charge >= 0.3 is 6.85 Å². The average molecular weight is 393 g/mol. The number of anilines is 3. The van der Waals surface area contributed by atoms with Gasteiger partial charge in [-0.1, -0.05) is 25.0 Å². The first kappa shape index (κ1) is 17.2. The van der Waals surface area contributed by atoms with E-state index in [-0.39, 0.29) is 13.0 Å². The van der Waals surface area contributed by atoms with Gasteiger partial charge in [-0.2, -0.15) is 0 Å². The van der Waals surface area contributed by atoms with Gasteiger partial charge in [0, 0.05) is 34.9 Å². The number of furan rings is 1. The Hall–Kier alpha value is -3.74. The molecule has 1 atom stereocenters. The molecule has 0 unspecified atom stereocenters. The quantitative estimate of drug-likeness (QED) is 0.488. The summed E-state index contributed by atoms with van der Waals surface area (Å²) in [7, 11) is 0. The Bertz CT molecular complexity index is 1370. The van der Waals surface area contributed by atoms with Crippen LogP contribution in [0.1, 0.15) is 6.92 Å². The number of aromatic nitrogens is 2. The maximum atomic E-state index is 5.99. The summed E-state index contributed by atoms with van der Waals surface area (Å²) in [4.78, 5) is 13.7. The number of hydrogen-bond acceptors (Lipinski definition) is 6. The zero-order valence-electron chi connectivity index (χ0n) is 16.8. The molecular weight excluding hydrogens is 373 g/mol. The summed E-state index contributed by atoms with van der Waals surface area (Å²) in [5.41, 5.74) is 3.79. The molecule has 3 aromatic heterocycles. The van der Waals surface area contributed by atoms with Gasteiger partial charge < -0.3 is 14.2 Å². The number of para-hydroxylation sites is 1. The lowest BCUT2D eigenvalue weighted by Crippen LogP contribution is -2.55. The number of pyridine rings is 2. The summed E-state index contributed by atoms with van der Waals surface area (Å²) in [6, 6.07) is 18.6. The van der Waals surface area contributed by atoms with Crippen molar-refractivity contribution in [1.29, 1.82) is 0 Å². The van der Waals surface area contributed by atoms with Gasteiger partial charge in [0.25, 0.3) is 0 Å². The summed E-state index contributed by atoms with van der Waals surface area (Å²) in [6.45, 7) is 4.48. The summed E-state index contributed by atoms with van der Waals surface area (Å²) < 4.78 is 5.99. The van der Waals surface area contributed by atoms with E-state index in [9.17, 15) is 0 Å². The van der Waals surface area contributed by atoms with E-state index in [0.717, 1.165) is 33.2 Å². The maximum Gasteiger partial charge on any atom is 0.306 e. The maximum absolute atomic E-state index is 5.99. The van der Waals surface area contributed by atoms with E-state index in [2.05, 4.69) is 82.1 Å². The molecule has 2 aliphatic heterocycles. The van der Waals surface area contributed by atoms with Crippen LogP contribution >= 0.6 is 0 Å². The van der Waals surface area contributed by atoms with Crippen molar-refractivity contribution in [2.24, 2.45) is 0 Å². The molecule has 6 nitrogen and oxygen atoms in total. The van der Waals surface area contributed by atoms with Crippen molar-refractivity contribution >= 4 is 47.3 Å². The second-order valence-electron chi connectivity index (χ2n) is 7.68. The van der Waals surface area contributed by atoms with Crippen molar-refractivity contribution in [1.82, 2.24) is 14.9 Å². The fourth-order valence-corrected chi connectivity index (χ4v) is 4.52. The van der Waals surface area contributed by atoms with E-state index in [0.29, 0.717) is 5.71 Å². The number of hydrogen-bond donors (Lipinski definition) is 0. The van der Waals surface area contributed by atoms with Crippen LogP contribution in [0.4, 0.5) is 17.2 Å². The molecule has 7 heteroatoms. The SMILES string of the molecule is CB1C=c2oc3ncccc3c2=CN1N1c2ncccc2N(c2ccccc2)[C@@H]1C. The molecule has 6 rings (SSSR count). The Morgan fingerprint density at radius 2 is 1.77 bits per heavy atom. The molecule has 0 radical (unpaired) electrons. The molecule has 0 N–H and O–H groups in total. The second kappa shape index (κ2) is 6.39. The Kier molecular flexibility index (Phi) is 3.65. The molecule has 30 heavy (non-hydrogen) atoms. The van der Waals surface area contributed by atoms with Gasteiger partial charge in [0.2, 0.25) is 5.71 Å². The van der Waals surface area contributed by atoms with Crippen LogP contribution in [0.5, 0.6) is 0 Å². The zero-order chi connectivity index (χ0) is 20.2. The van der Waals surface area contributed by atoms with Crippen molar-refractivity contribution < 1.29 is 4.42 Å². The highest BCUT2D eigenvalue weighted by atomic mass is 16.3. The van der Waals surface area contributed by atoms with E-state index < -0.39 is 0 Å². The molecule has 1 aromatic carbocycles. The molecule has 4 aromatic rings. The number of hydrazine groups is 1. The topological polar surface area (TPSA) is 48.6 Å². The fraction of sp³-hybridized carbons (Fsp3) is 0.130. The van der Waals surface area contributed by atoms with Crippen molar-refractivity contribution in [3.8, 4) is 0 Å². The minimum atomic E-state index is 0.0576. The lowest BCUT2D eigenvalue weighted by atomic mass is 9.63. The third kappa shape index (κ3) is 2.38. The molecule has 0 aliphatic carbocycles. The summed E-state index contributed by atoms with van der Waals surface area (Å²) in [5, 5.41) is 4.34. The second-order valence-corrected chi connectivity index (χ2v) is 7.68. The highest BCUT2D eigenvalue weighted by Crippen LogP contribution is 2.43. The normalized spacial score (nSPS) is 17.6. The number of fused-ring (bicyclic) bond motifs is 4. The zero-order valence-corrected chi connectivity index (χ0v) is 16.8. The van der Waals surface area contributed by atoms with Crippen LogP contribution in [0.25, 0.3) is 23.3 Å². The van der Waals surface area contributed by atoms with Crippen LogP contribution in [0.2, 0.25) is 6.82 Å². The molecular formula is C23H20BN5O. The summed E-state index contributed by atoms with van der Waals surface area (Å²) >= 11 is 0. The Labute approximate surface area is 174 Å². The van der Waals surface area contributed by atoms with E-state index in [4.69, 9.17) is 9.40 Å². The standard InChI is InChI=1S/C23H20BN5O/c1-16-28(17-8-4-3-5-9-17)20-11-7-12-25-22(20)29(16)27-15-19-18-10-6-13-26-23(18)30-21(19)14-24(27)2/h3-16H,1-2H3/t16-/m0/s1. The van der Waals surface area contributed by atoms with Crippen molar-refractivity contribution in [3.05, 3.63) is 77.6 Å². The predicted molar refractivity (Wildman–Crippen MR) is 120 cm³/mol. The van der Waals surface area contributed by atoms with Gasteiger partial charge in [-0.3, -0.25) is 5.01 Å². The molecule has 2 aliphatic rings.